The van der Waals surface area contributed by atoms with E-state index in [0.717, 1.165) is 18.4 Å². The standard InChI is InChI=1S/C15H20O3/c16-14(17)10-12-8-5-9-13(15(12)18)11-6-3-1-2-4-7-11/h5,8-9,11,18H,1-4,6-7,10H2,(H,16,17). The minimum Gasteiger partial charge on any atom is -0.507 e. The number of carboxylic acids is 1. The lowest BCUT2D eigenvalue weighted by molar-refractivity contribution is -0.136. The summed E-state index contributed by atoms with van der Waals surface area (Å²) in [5.74, 6) is -0.309. The van der Waals surface area contributed by atoms with Crippen LogP contribution in [0.3, 0.4) is 0 Å². The number of aromatic hydroxyl groups is 1. The Hall–Kier alpha value is -1.51. The van der Waals surface area contributed by atoms with Crippen molar-refractivity contribution in [2.75, 3.05) is 0 Å². The Bertz CT molecular complexity index is 418. The highest BCUT2D eigenvalue weighted by Gasteiger charge is 2.19. The first-order valence-electron chi connectivity index (χ1n) is 6.71. The third-order valence-corrected chi connectivity index (χ3v) is 3.79. The van der Waals surface area contributed by atoms with Gasteiger partial charge in [-0.25, -0.2) is 0 Å². The van der Waals surface area contributed by atoms with E-state index in [0.29, 0.717) is 11.5 Å². The van der Waals surface area contributed by atoms with Gasteiger partial charge in [0.1, 0.15) is 5.75 Å². The van der Waals surface area contributed by atoms with Crippen molar-refractivity contribution in [1.82, 2.24) is 0 Å². The van der Waals surface area contributed by atoms with Crippen LogP contribution in [-0.2, 0) is 11.2 Å². The minimum atomic E-state index is -0.900. The molecule has 0 spiro atoms. The van der Waals surface area contributed by atoms with Crippen molar-refractivity contribution < 1.29 is 15.0 Å². The molecule has 2 N–H and O–H groups in total. The Morgan fingerprint density at radius 1 is 1.17 bits per heavy atom. The van der Waals surface area contributed by atoms with Gasteiger partial charge in [0.2, 0.25) is 0 Å². The maximum atomic E-state index is 10.8. The van der Waals surface area contributed by atoms with Crippen molar-refractivity contribution in [1.29, 1.82) is 0 Å². The van der Waals surface area contributed by atoms with E-state index in [2.05, 4.69) is 0 Å². The van der Waals surface area contributed by atoms with Gasteiger partial charge in [-0.3, -0.25) is 4.79 Å². The molecule has 0 heterocycles. The zero-order valence-electron chi connectivity index (χ0n) is 10.6. The van der Waals surface area contributed by atoms with Crippen LogP contribution in [0, 0.1) is 0 Å². The third kappa shape index (κ3) is 3.03. The largest absolute Gasteiger partial charge is 0.507 e. The van der Waals surface area contributed by atoms with Crippen LogP contribution >= 0.6 is 0 Å². The molecule has 0 unspecified atom stereocenters. The molecule has 0 aliphatic heterocycles. The van der Waals surface area contributed by atoms with Crippen LogP contribution in [0.1, 0.15) is 55.6 Å². The molecule has 0 radical (unpaired) electrons. The van der Waals surface area contributed by atoms with Crippen molar-refractivity contribution in [2.24, 2.45) is 0 Å². The molecule has 18 heavy (non-hydrogen) atoms. The Morgan fingerprint density at radius 2 is 1.83 bits per heavy atom. The molecule has 2 rings (SSSR count). The molecule has 1 aliphatic carbocycles. The highest BCUT2D eigenvalue weighted by molar-refractivity contribution is 5.71. The SMILES string of the molecule is O=C(O)Cc1cccc(C2CCCCCC2)c1O. The van der Waals surface area contributed by atoms with E-state index < -0.39 is 5.97 Å². The fraction of sp³-hybridized carbons (Fsp3) is 0.533. The smallest absolute Gasteiger partial charge is 0.307 e. The molecule has 1 fully saturated rings. The number of phenolic OH excluding ortho intramolecular Hbond substituents is 1. The summed E-state index contributed by atoms with van der Waals surface area (Å²) in [5, 5.41) is 19.0. The molecule has 0 amide bonds. The number of phenols is 1. The van der Waals surface area contributed by atoms with Gasteiger partial charge in [0.25, 0.3) is 0 Å². The highest BCUT2D eigenvalue weighted by Crippen LogP contribution is 2.37. The molecule has 0 atom stereocenters. The molecule has 98 valence electrons. The number of aliphatic carboxylic acids is 1. The maximum Gasteiger partial charge on any atom is 0.307 e. The summed E-state index contributed by atoms with van der Waals surface area (Å²) in [6, 6.07) is 5.50. The fourth-order valence-corrected chi connectivity index (χ4v) is 2.84. The zero-order chi connectivity index (χ0) is 13.0. The molecule has 0 saturated heterocycles. The predicted molar refractivity (Wildman–Crippen MR) is 69.9 cm³/mol. The topological polar surface area (TPSA) is 57.5 Å². The van der Waals surface area contributed by atoms with Gasteiger partial charge >= 0.3 is 5.97 Å². The van der Waals surface area contributed by atoms with Gasteiger partial charge in [0.05, 0.1) is 6.42 Å². The first kappa shape index (κ1) is 12.9. The Balaban J connectivity index is 2.23. The van der Waals surface area contributed by atoms with Gasteiger partial charge in [-0.15, -0.1) is 0 Å². The van der Waals surface area contributed by atoms with Crippen LogP contribution in [0.2, 0.25) is 0 Å². The molecule has 0 bridgehead atoms. The van der Waals surface area contributed by atoms with Gasteiger partial charge in [0, 0.05) is 5.56 Å². The van der Waals surface area contributed by atoms with Crippen LogP contribution in [0.15, 0.2) is 18.2 Å². The maximum absolute atomic E-state index is 10.8. The lowest BCUT2D eigenvalue weighted by atomic mass is 9.89. The second kappa shape index (κ2) is 5.89. The highest BCUT2D eigenvalue weighted by atomic mass is 16.4. The van der Waals surface area contributed by atoms with E-state index in [-0.39, 0.29) is 12.2 Å². The van der Waals surface area contributed by atoms with Crippen LogP contribution in [-0.4, -0.2) is 16.2 Å². The Kier molecular flexibility index (Phi) is 4.24. The van der Waals surface area contributed by atoms with E-state index in [9.17, 15) is 9.90 Å². The van der Waals surface area contributed by atoms with Crippen molar-refractivity contribution >= 4 is 5.97 Å². The van der Waals surface area contributed by atoms with Gasteiger partial charge in [-0.1, -0.05) is 43.9 Å². The number of hydrogen-bond acceptors (Lipinski definition) is 2. The fourth-order valence-electron chi connectivity index (χ4n) is 2.84. The predicted octanol–water partition coefficient (Wildman–Crippen LogP) is 3.46. The molecular formula is C15H20O3. The van der Waals surface area contributed by atoms with Gasteiger partial charge in [0.15, 0.2) is 0 Å². The van der Waals surface area contributed by atoms with Crippen molar-refractivity contribution in [3.63, 3.8) is 0 Å². The van der Waals surface area contributed by atoms with E-state index in [1.807, 2.05) is 12.1 Å². The van der Waals surface area contributed by atoms with Crippen molar-refractivity contribution in [2.45, 2.75) is 50.9 Å². The molecule has 3 nitrogen and oxygen atoms in total. The average Bonchev–Trinajstić information content (AvgIpc) is 2.60. The molecule has 1 saturated carbocycles. The summed E-state index contributed by atoms with van der Waals surface area (Å²) in [6.07, 6.45) is 7.04. The molecule has 1 aromatic rings. The van der Waals surface area contributed by atoms with E-state index >= 15 is 0 Å². The molecular weight excluding hydrogens is 228 g/mol. The summed E-state index contributed by atoms with van der Waals surface area (Å²) < 4.78 is 0. The molecule has 3 heteroatoms. The Labute approximate surface area is 107 Å². The van der Waals surface area contributed by atoms with Crippen LogP contribution in [0.5, 0.6) is 5.75 Å². The zero-order valence-corrected chi connectivity index (χ0v) is 10.6. The van der Waals surface area contributed by atoms with Crippen LogP contribution in [0.4, 0.5) is 0 Å². The van der Waals surface area contributed by atoms with Crippen LogP contribution < -0.4 is 0 Å². The first-order valence-corrected chi connectivity index (χ1v) is 6.71. The number of carboxylic acid groups (broad SMARTS) is 1. The normalized spacial score (nSPS) is 17.3. The summed E-state index contributed by atoms with van der Waals surface area (Å²) in [4.78, 5) is 10.8. The summed E-state index contributed by atoms with van der Waals surface area (Å²) in [7, 11) is 0. The average molecular weight is 248 g/mol. The number of para-hydroxylation sites is 1. The van der Waals surface area contributed by atoms with Gasteiger partial charge in [-0.2, -0.15) is 0 Å². The van der Waals surface area contributed by atoms with Gasteiger partial charge in [-0.05, 0) is 24.3 Å². The lowest BCUT2D eigenvalue weighted by Crippen LogP contribution is -2.04. The third-order valence-electron chi connectivity index (χ3n) is 3.79. The summed E-state index contributed by atoms with van der Waals surface area (Å²) >= 11 is 0. The molecule has 1 aromatic carbocycles. The molecule has 0 aromatic heterocycles. The monoisotopic (exact) mass is 248 g/mol. The van der Waals surface area contributed by atoms with E-state index in [4.69, 9.17) is 5.11 Å². The van der Waals surface area contributed by atoms with E-state index in [1.54, 1.807) is 6.07 Å². The molecule has 1 aliphatic rings. The quantitative estimate of drug-likeness (QED) is 0.805. The van der Waals surface area contributed by atoms with Crippen LogP contribution in [0.25, 0.3) is 0 Å². The minimum absolute atomic E-state index is 0.105. The van der Waals surface area contributed by atoms with Crippen molar-refractivity contribution in [3.8, 4) is 5.75 Å². The number of rotatable bonds is 3. The Morgan fingerprint density at radius 3 is 2.44 bits per heavy atom. The summed E-state index contributed by atoms with van der Waals surface area (Å²) in [6.45, 7) is 0. The number of benzene rings is 1. The van der Waals surface area contributed by atoms with Crippen molar-refractivity contribution in [3.05, 3.63) is 29.3 Å². The number of hydrogen-bond donors (Lipinski definition) is 2. The first-order chi connectivity index (χ1) is 8.68. The lowest BCUT2D eigenvalue weighted by Gasteiger charge is -2.17. The second-order valence-corrected chi connectivity index (χ2v) is 5.11. The van der Waals surface area contributed by atoms with E-state index in [1.165, 1.54) is 25.7 Å². The van der Waals surface area contributed by atoms with Gasteiger partial charge < -0.3 is 10.2 Å². The summed E-state index contributed by atoms with van der Waals surface area (Å²) in [5.41, 5.74) is 1.47. The number of carbonyl (C=O) groups is 1. The second-order valence-electron chi connectivity index (χ2n) is 5.11.